The second-order valence-corrected chi connectivity index (χ2v) is 4.57. The number of fused-ring (bicyclic) bond motifs is 1. The lowest BCUT2D eigenvalue weighted by Gasteiger charge is -2.04. The first-order valence-corrected chi connectivity index (χ1v) is 6.44. The van der Waals surface area contributed by atoms with Gasteiger partial charge in [-0.25, -0.2) is 4.79 Å². The minimum absolute atomic E-state index is 0.0534. The molecule has 3 aromatic rings. The predicted octanol–water partition coefficient (Wildman–Crippen LogP) is 2.49. The van der Waals surface area contributed by atoms with Gasteiger partial charge in [-0.3, -0.25) is 9.36 Å². The smallest absolute Gasteiger partial charge is 0.420 e. The summed E-state index contributed by atoms with van der Waals surface area (Å²) in [6, 6.07) is 13.8. The first-order valence-electron chi connectivity index (χ1n) is 6.44. The summed E-state index contributed by atoms with van der Waals surface area (Å²) in [5, 5.41) is 0. The number of methoxy groups -OCH3 is 1. The largest absolute Gasteiger partial charge is 0.497 e. The van der Waals surface area contributed by atoms with Crippen LogP contribution >= 0.6 is 0 Å². The molecule has 0 saturated heterocycles. The summed E-state index contributed by atoms with van der Waals surface area (Å²) >= 11 is 0. The van der Waals surface area contributed by atoms with Crippen molar-refractivity contribution in [3.05, 3.63) is 64.6 Å². The molecule has 5 heteroatoms. The van der Waals surface area contributed by atoms with E-state index in [0.29, 0.717) is 22.4 Å². The fourth-order valence-electron chi connectivity index (χ4n) is 2.18. The monoisotopic (exact) mass is 283 g/mol. The molecule has 0 aliphatic heterocycles. The molecule has 0 radical (unpaired) electrons. The molecule has 0 fully saturated rings. The number of ketones is 1. The highest BCUT2D eigenvalue weighted by atomic mass is 16.5. The normalized spacial score (nSPS) is 10.7. The van der Waals surface area contributed by atoms with E-state index >= 15 is 0 Å². The van der Waals surface area contributed by atoms with Crippen molar-refractivity contribution in [1.82, 2.24) is 4.57 Å². The van der Waals surface area contributed by atoms with Gasteiger partial charge in [0.05, 0.1) is 19.2 Å². The van der Waals surface area contributed by atoms with Gasteiger partial charge in [0.2, 0.25) is 0 Å². The van der Waals surface area contributed by atoms with Crippen LogP contribution in [0.25, 0.3) is 11.1 Å². The average Bonchev–Trinajstić information content (AvgIpc) is 2.83. The van der Waals surface area contributed by atoms with E-state index in [4.69, 9.17) is 9.15 Å². The van der Waals surface area contributed by atoms with Crippen LogP contribution in [0.2, 0.25) is 0 Å². The first kappa shape index (κ1) is 13.2. The van der Waals surface area contributed by atoms with Crippen LogP contribution in [0, 0.1) is 0 Å². The summed E-state index contributed by atoms with van der Waals surface area (Å²) in [4.78, 5) is 24.1. The minimum Gasteiger partial charge on any atom is -0.497 e. The van der Waals surface area contributed by atoms with Gasteiger partial charge in [0.25, 0.3) is 0 Å². The van der Waals surface area contributed by atoms with Crippen molar-refractivity contribution in [2.75, 3.05) is 7.11 Å². The molecule has 0 amide bonds. The molecule has 5 nitrogen and oxygen atoms in total. The van der Waals surface area contributed by atoms with Gasteiger partial charge >= 0.3 is 5.76 Å². The topological polar surface area (TPSA) is 61.4 Å². The summed E-state index contributed by atoms with van der Waals surface area (Å²) in [6.07, 6.45) is 0. The molecule has 0 atom stereocenters. The molecule has 0 spiro atoms. The fourth-order valence-corrected chi connectivity index (χ4v) is 2.18. The number of nitrogens with zero attached hydrogens (tertiary/aromatic N) is 1. The predicted molar refractivity (Wildman–Crippen MR) is 77.8 cm³/mol. The highest BCUT2D eigenvalue weighted by molar-refractivity contribution is 5.96. The lowest BCUT2D eigenvalue weighted by atomic mass is 10.1. The van der Waals surface area contributed by atoms with Crippen molar-refractivity contribution >= 4 is 16.9 Å². The van der Waals surface area contributed by atoms with Crippen LogP contribution in [-0.4, -0.2) is 17.5 Å². The SMILES string of the molecule is COc1ccc(C(=O)Cn2c(=O)oc3ccccc32)cc1. The third-order valence-corrected chi connectivity index (χ3v) is 3.29. The Kier molecular flexibility index (Phi) is 3.31. The van der Waals surface area contributed by atoms with E-state index in [1.807, 2.05) is 0 Å². The third kappa shape index (κ3) is 2.45. The quantitative estimate of drug-likeness (QED) is 0.690. The standard InChI is InChI=1S/C16H13NO4/c1-20-12-8-6-11(7-9-12)14(18)10-17-13-4-2-3-5-15(13)21-16(17)19/h2-9H,10H2,1H3. The lowest BCUT2D eigenvalue weighted by molar-refractivity contribution is 0.0970. The summed E-state index contributed by atoms with van der Waals surface area (Å²) in [7, 11) is 1.56. The molecule has 0 saturated carbocycles. The summed E-state index contributed by atoms with van der Waals surface area (Å²) < 4.78 is 11.5. The van der Waals surface area contributed by atoms with E-state index in [1.165, 1.54) is 4.57 Å². The van der Waals surface area contributed by atoms with Crippen molar-refractivity contribution < 1.29 is 13.9 Å². The number of rotatable bonds is 4. The zero-order chi connectivity index (χ0) is 14.8. The highest BCUT2D eigenvalue weighted by Gasteiger charge is 2.13. The van der Waals surface area contributed by atoms with Crippen LogP contribution in [0.4, 0.5) is 0 Å². The van der Waals surface area contributed by atoms with Gasteiger partial charge in [-0.15, -0.1) is 0 Å². The number of oxazole rings is 1. The molecular formula is C16H13NO4. The van der Waals surface area contributed by atoms with Crippen LogP contribution in [0.5, 0.6) is 5.75 Å². The number of para-hydroxylation sites is 2. The number of hydrogen-bond donors (Lipinski definition) is 0. The van der Waals surface area contributed by atoms with E-state index in [2.05, 4.69) is 0 Å². The molecule has 0 N–H and O–H groups in total. The molecule has 2 aromatic carbocycles. The maximum Gasteiger partial charge on any atom is 0.420 e. The summed E-state index contributed by atoms with van der Waals surface area (Å²) in [6.45, 7) is -0.0534. The number of benzene rings is 2. The van der Waals surface area contributed by atoms with E-state index < -0.39 is 5.76 Å². The number of ether oxygens (including phenoxy) is 1. The molecule has 0 unspecified atom stereocenters. The van der Waals surface area contributed by atoms with Crippen molar-refractivity contribution in [1.29, 1.82) is 0 Å². The van der Waals surface area contributed by atoms with E-state index in [-0.39, 0.29) is 12.3 Å². The van der Waals surface area contributed by atoms with Gasteiger partial charge in [-0.05, 0) is 36.4 Å². The number of carbonyl (C=O) groups is 1. The Morgan fingerprint density at radius 3 is 2.57 bits per heavy atom. The van der Waals surface area contributed by atoms with Crippen LogP contribution in [0.15, 0.2) is 57.7 Å². The molecule has 1 aromatic heterocycles. The molecule has 0 aliphatic carbocycles. The van der Waals surface area contributed by atoms with E-state index in [1.54, 1.807) is 55.6 Å². The molecule has 106 valence electrons. The van der Waals surface area contributed by atoms with Crippen LogP contribution in [-0.2, 0) is 6.54 Å². The Bertz CT molecular complexity index is 843. The van der Waals surface area contributed by atoms with E-state index in [0.717, 1.165) is 0 Å². The van der Waals surface area contributed by atoms with Crippen molar-refractivity contribution in [3.8, 4) is 5.75 Å². The van der Waals surface area contributed by atoms with Gasteiger partial charge in [0.1, 0.15) is 5.75 Å². The molecular weight excluding hydrogens is 270 g/mol. The number of aromatic nitrogens is 1. The van der Waals surface area contributed by atoms with Crippen LogP contribution < -0.4 is 10.5 Å². The lowest BCUT2D eigenvalue weighted by Crippen LogP contribution is -2.20. The second-order valence-electron chi connectivity index (χ2n) is 4.57. The molecule has 21 heavy (non-hydrogen) atoms. The van der Waals surface area contributed by atoms with Gasteiger partial charge < -0.3 is 9.15 Å². The third-order valence-electron chi connectivity index (χ3n) is 3.29. The maximum atomic E-state index is 12.3. The average molecular weight is 283 g/mol. The zero-order valence-corrected chi connectivity index (χ0v) is 11.4. The van der Waals surface area contributed by atoms with Gasteiger partial charge in [-0.2, -0.15) is 0 Å². The fraction of sp³-hybridized carbons (Fsp3) is 0.125. The molecule has 0 bridgehead atoms. The Hall–Kier alpha value is -2.82. The van der Waals surface area contributed by atoms with Crippen molar-refractivity contribution in [3.63, 3.8) is 0 Å². The molecule has 0 aliphatic rings. The summed E-state index contributed by atoms with van der Waals surface area (Å²) in [5.41, 5.74) is 1.61. The first-order chi connectivity index (χ1) is 10.2. The van der Waals surface area contributed by atoms with Crippen LogP contribution in [0.1, 0.15) is 10.4 Å². The highest BCUT2D eigenvalue weighted by Crippen LogP contribution is 2.15. The summed E-state index contributed by atoms with van der Waals surface area (Å²) in [5.74, 6) is -0.0122. The van der Waals surface area contributed by atoms with Gasteiger partial charge in [-0.1, -0.05) is 12.1 Å². The molecule has 1 heterocycles. The number of carbonyl (C=O) groups excluding carboxylic acids is 1. The Balaban J connectivity index is 1.92. The van der Waals surface area contributed by atoms with Crippen molar-refractivity contribution in [2.24, 2.45) is 0 Å². The number of hydrogen-bond acceptors (Lipinski definition) is 4. The second kappa shape index (κ2) is 5.28. The van der Waals surface area contributed by atoms with Gasteiger partial charge in [0.15, 0.2) is 11.4 Å². The Morgan fingerprint density at radius 1 is 1.14 bits per heavy atom. The Morgan fingerprint density at radius 2 is 1.86 bits per heavy atom. The van der Waals surface area contributed by atoms with E-state index in [9.17, 15) is 9.59 Å². The van der Waals surface area contributed by atoms with Gasteiger partial charge in [0, 0.05) is 5.56 Å². The Labute approximate surface area is 120 Å². The maximum absolute atomic E-state index is 12.3. The zero-order valence-electron chi connectivity index (χ0n) is 11.4. The van der Waals surface area contributed by atoms with Crippen LogP contribution in [0.3, 0.4) is 0 Å². The molecule has 3 rings (SSSR count). The van der Waals surface area contributed by atoms with Crippen molar-refractivity contribution in [2.45, 2.75) is 6.54 Å². The number of Topliss-reactive ketones (excluding diaryl/α,β-unsaturated/α-hetero) is 1. The minimum atomic E-state index is -0.530.